The highest BCUT2D eigenvalue weighted by molar-refractivity contribution is 5.94. The summed E-state index contributed by atoms with van der Waals surface area (Å²) >= 11 is 0. The van der Waals surface area contributed by atoms with Gasteiger partial charge in [-0.05, 0) is 13.8 Å². The molecule has 0 fully saturated rings. The standard InChI is InChI=1S/C13H17N7O.H2/c1-7(14)10-11(15)21-5-3-4-20-12-9(8(2)19-20)6-16-13(17-10)18-12;/h6,15H,3-5,14H2,1-2H3,(H,16,17,18);1H/b10-7+,15-11?;. The summed E-state index contributed by atoms with van der Waals surface area (Å²) < 4.78 is 7.26. The van der Waals surface area contributed by atoms with Crippen molar-refractivity contribution < 1.29 is 6.16 Å². The van der Waals surface area contributed by atoms with Crippen LogP contribution in [0, 0.1) is 12.3 Å². The number of hydrogen-bond acceptors (Lipinski definition) is 7. The maximum Gasteiger partial charge on any atom is 0.232 e. The Bertz CT molecular complexity index is 748. The Morgan fingerprint density at radius 3 is 3.14 bits per heavy atom. The predicted molar refractivity (Wildman–Crippen MR) is 81.0 cm³/mol. The van der Waals surface area contributed by atoms with Crippen molar-refractivity contribution in [3.8, 4) is 0 Å². The van der Waals surface area contributed by atoms with E-state index in [-0.39, 0.29) is 7.32 Å². The van der Waals surface area contributed by atoms with E-state index in [2.05, 4.69) is 20.4 Å². The lowest BCUT2D eigenvalue weighted by Crippen LogP contribution is -2.20. The highest BCUT2D eigenvalue weighted by Crippen LogP contribution is 2.19. The summed E-state index contributed by atoms with van der Waals surface area (Å²) in [6, 6.07) is 0. The monoisotopic (exact) mass is 289 g/mol. The van der Waals surface area contributed by atoms with Crippen LogP contribution in [-0.2, 0) is 11.3 Å². The average Bonchev–Trinajstić information content (AvgIpc) is 2.75. The first-order chi connectivity index (χ1) is 10.1. The number of fused-ring (bicyclic) bond motifs is 1. The Hall–Kier alpha value is -2.64. The molecule has 2 aromatic rings. The second kappa shape index (κ2) is 5.04. The second-order valence-corrected chi connectivity index (χ2v) is 4.95. The van der Waals surface area contributed by atoms with Crippen molar-refractivity contribution >= 4 is 22.9 Å². The van der Waals surface area contributed by atoms with Crippen molar-refractivity contribution in [2.45, 2.75) is 26.8 Å². The molecule has 3 rings (SSSR count). The summed E-state index contributed by atoms with van der Waals surface area (Å²) in [5, 5.41) is 16.3. The number of aryl methyl sites for hydroxylation is 2. The number of rotatable bonds is 0. The minimum Gasteiger partial charge on any atom is -0.476 e. The molecule has 0 radical (unpaired) electrons. The van der Waals surface area contributed by atoms with Gasteiger partial charge in [0, 0.05) is 26.3 Å². The highest BCUT2D eigenvalue weighted by atomic mass is 16.5. The minimum absolute atomic E-state index is 0. The summed E-state index contributed by atoms with van der Waals surface area (Å²) in [6.07, 6.45) is 2.46. The van der Waals surface area contributed by atoms with Gasteiger partial charge >= 0.3 is 0 Å². The van der Waals surface area contributed by atoms with Gasteiger partial charge in [-0.3, -0.25) is 5.41 Å². The lowest BCUT2D eigenvalue weighted by Gasteiger charge is -2.12. The zero-order chi connectivity index (χ0) is 15.0. The Morgan fingerprint density at radius 2 is 2.38 bits per heavy atom. The summed E-state index contributed by atoms with van der Waals surface area (Å²) in [5.74, 6) is 0.369. The quantitative estimate of drug-likeness (QED) is 0.675. The Labute approximate surface area is 123 Å². The number of ether oxygens (including phenoxy) is 1. The summed E-state index contributed by atoms with van der Waals surface area (Å²) in [7, 11) is 0. The van der Waals surface area contributed by atoms with Crippen molar-refractivity contribution in [1.82, 2.24) is 19.7 Å². The number of hydrogen-bond donors (Lipinski definition) is 3. The minimum atomic E-state index is -0.00517. The summed E-state index contributed by atoms with van der Waals surface area (Å²) in [4.78, 5) is 8.74. The van der Waals surface area contributed by atoms with Crippen molar-refractivity contribution in [2.75, 3.05) is 11.9 Å². The molecule has 112 valence electrons. The number of anilines is 1. The SMILES string of the molecule is C/C(N)=C1\Nc2ncc3c(C)nn(c3n2)CCCOC1=N.[HH]. The fourth-order valence-electron chi connectivity index (χ4n) is 2.23. The van der Waals surface area contributed by atoms with Crippen LogP contribution in [0.1, 0.15) is 20.5 Å². The maximum absolute atomic E-state index is 7.94. The fourth-order valence-corrected chi connectivity index (χ4v) is 2.23. The van der Waals surface area contributed by atoms with Crippen LogP contribution in [0.3, 0.4) is 0 Å². The van der Waals surface area contributed by atoms with Crippen molar-refractivity contribution in [3.05, 3.63) is 23.3 Å². The Kier molecular flexibility index (Phi) is 3.20. The molecule has 1 aliphatic heterocycles. The first kappa shape index (κ1) is 13.3. The average molecular weight is 289 g/mol. The van der Waals surface area contributed by atoms with E-state index in [0.29, 0.717) is 30.5 Å². The molecular weight excluding hydrogens is 270 g/mol. The van der Waals surface area contributed by atoms with E-state index < -0.39 is 0 Å². The largest absolute Gasteiger partial charge is 0.476 e. The van der Waals surface area contributed by atoms with Gasteiger partial charge in [0.05, 0.1) is 17.7 Å². The molecule has 0 saturated carbocycles. The molecule has 0 aromatic carbocycles. The molecule has 1 aliphatic rings. The highest BCUT2D eigenvalue weighted by Gasteiger charge is 2.16. The fraction of sp³-hybridized carbons (Fsp3) is 0.385. The number of aromatic nitrogens is 4. The molecular formula is C13H19N7O. The second-order valence-electron chi connectivity index (χ2n) is 4.95. The van der Waals surface area contributed by atoms with Gasteiger partial charge in [0.15, 0.2) is 5.65 Å². The normalized spacial score (nSPS) is 18.1. The topological polar surface area (TPSA) is 115 Å². The molecule has 0 saturated heterocycles. The molecule has 0 atom stereocenters. The lowest BCUT2D eigenvalue weighted by atomic mass is 10.3. The van der Waals surface area contributed by atoms with Gasteiger partial charge in [0.2, 0.25) is 11.8 Å². The third-order valence-corrected chi connectivity index (χ3v) is 3.29. The third kappa shape index (κ3) is 2.39. The Morgan fingerprint density at radius 1 is 1.57 bits per heavy atom. The molecule has 8 nitrogen and oxygen atoms in total. The molecule has 2 bridgehead atoms. The first-order valence-electron chi connectivity index (χ1n) is 6.71. The molecule has 0 spiro atoms. The number of nitrogens with zero attached hydrogens (tertiary/aromatic N) is 4. The van der Waals surface area contributed by atoms with Crippen molar-refractivity contribution in [2.24, 2.45) is 5.73 Å². The third-order valence-electron chi connectivity index (χ3n) is 3.29. The number of allylic oxidation sites excluding steroid dienone is 1. The molecule has 2 aromatic heterocycles. The predicted octanol–water partition coefficient (Wildman–Crippen LogP) is 1.38. The van der Waals surface area contributed by atoms with Gasteiger partial charge in [-0.25, -0.2) is 9.67 Å². The Balaban J connectivity index is 0.00000176. The van der Waals surface area contributed by atoms with Gasteiger partial charge in [-0.2, -0.15) is 10.1 Å². The molecule has 4 N–H and O–H groups in total. The van der Waals surface area contributed by atoms with Crippen molar-refractivity contribution in [1.29, 1.82) is 5.41 Å². The smallest absolute Gasteiger partial charge is 0.232 e. The van der Waals surface area contributed by atoms with E-state index in [1.54, 1.807) is 13.1 Å². The summed E-state index contributed by atoms with van der Waals surface area (Å²) in [5.41, 5.74) is 8.32. The van der Waals surface area contributed by atoms with Crippen LogP contribution in [0.25, 0.3) is 11.0 Å². The van der Waals surface area contributed by atoms with E-state index in [9.17, 15) is 0 Å². The molecule has 8 heteroatoms. The van der Waals surface area contributed by atoms with Gasteiger partial charge in [0.1, 0.15) is 5.70 Å². The van der Waals surface area contributed by atoms with Crippen LogP contribution in [0.5, 0.6) is 0 Å². The van der Waals surface area contributed by atoms with Crippen LogP contribution in [0.4, 0.5) is 5.95 Å². The van der Waals surface area contributed by atoms with Gasteiger partial charge in [-0.1, -0.05) is 0 Å². The summed E-state index contributed by atoms with van der Waals surface area (Å²) in [6.45, 7) is 4.73. The van der Waals surface area contributed by atoms with Gasteiger partial charge in [-0.15, -0.1) is 0 Å². The molecule has 0 amide bonds. The van der Waals surface area contributed by atoms with Crippen LogP contribution in [-0.4, -0.2) is 32.3 Å². The van der Waals surface area contributed by atoms with E-state index in [4.69, 9.17) is 15.9 Å². The molecule has 0 aliphatic carbocycles. The van der Waals surface area contributed by atoms with Crippen molar-refractivity contribution in [3.63, 3.8) is 0 Å². The van der Waals surface area contributed by atoms with Crippen LogP contribution >= 0.6 is 0 Å². The van der Waals surface area contributed by atoms with E-state index >= 15 is 0 Å². The number of nitrogens with one attached hydrogen (secondary N) is 2. The van der Waals surface area contributed by atoms with E-state index in [1.807, 2.05) is 11.6 Å². The van der Waals surface area contributed by atoms with Crippen LogP contribution in [0.2, 0.25) is 0 Å². The lowest BCUT2D eigenvalue weighted by molar-refractivity contribution is 0.285. The molecule has 21 heavy (non-hydrogen) atoms. The van der Waals surface area contributed by atoms with Crippen LogP contribution < -0.4 is 11.1 Å². The van der Waals surface area contributed by atoms with Crippen LogP contribution in [0.15, 0.2) is 17.6 Å². The maximum atomic E-state index is 7.94. The number of nitrogens with two attached hydrogens (primary N) is 1. The molecule has 3 heterocycles. The van der Waals surface area contributed by atoms with Gasteiger partial charge in [0.25, 0.3) is 0 Å². The van der Waals surface area contributed by atoms with E-state index in [1.165, 1.54) is 0 Å². The van der Waals surface area contributed by atoms with E-state index in [0.717, 1.165) is 23.1 Å². The molecule has 0 unspecified atom stereocenters. The zero-order valence-corrected chi connectivity index (χ0v) is 12.0. The zero-order valence-electron chi connectivity index (χ0n) is 12.0. The van der Waals surface area contributed by atoms with Gasteiger partial charge < -0.3 is 15.8 Å². The first-order valence-corrected chi connectivity index (χ1v) is 6.71.